The quantitative estimate of drug-likeness (QED) is 0.429. The van der Waals surface area contributed by atoms with E-state index in [1.807, 2.05) is 30.3 Å². The number of fused-ring (bicyclic) bond motifs is 1. The average molecular weight is 532 g/mol. The van der Waals surface area contributed by atoms with Crippen LogP contribution < -0.4 is 14.8 Å². The van der Waals surface area contributed by atoms with E-state index in [0.29, 0.717) is 36.6 Å². The van der Waals surface area contributed by atoms with Crippen molar-refractivity contribution in [2.24, 2.45) is 0 Å². The Morgan fingerprint density at radius 1 is 1.22 bits per heavy atom. The molecule has 202 valence electrons. The van der Waals surface area contributed by atoms with Gasteiger partial charge < -0.3 is 20.1 Å². The summed E-state index contributed by atoms with van der Waals surface area (Å²) in [5.74, 6) is 0.402. The highest BCUT2D eigenvalue weighted by Crippen LogP contribution is 2.38. The number of hydrogen-bond donors (Lipinski definition) is 3. The minimum Gasteiger partial charge on any atom is -0.483 e. The van der Waals surface area contributed by atoms with Crippen LogP contribution in [0.2, 0.25) is 0 Å². The van der Waals surface area contributed by atoms with Crippen molar-refractivity contribution in [3.8, 4) is 5.75 Å². The third-order valence-electron chi connectivity index (χ3n) is 6.97. The number of nitrogens with one attached hydrogen (secondary N) is 2. The Morgan fingerprint density at radius 2 is 1.97 bits per heavy atom. The number of carbonyl (C=O) groups is 1. The second-order valence-electron chi connectivity index (χ2n) is 9.81. The second-order valence-corrected chi connectivity index (χ2v) is 11.7. The van der Waals surface area contributed by atoms with Crippen LogP contribution >= 0.6 is 0 Å². The van der Waals surface area contributed by atoms with Gasteiger partial charge in [0.15, 0.2) is 6.61 Å². The number of β-amino-alcohol motifs (C(OH)–C–C–N with tert-alkyl or cyclic N) is 1. The number of carbonyl (C=O) groups excluding carboxylic acids is 1. The van der Waals surface area contributed by atoms with Crippen LogP contribution in [0.15, 0.2) is 42.5 Å². The molecule has 1 fully saturated rings. The van der Waals surface area contributed by atoms with Crippen LogP contribution in [0, 0.1) is 0 Å². The number of likely N-dealkylation sites (tertiary alicyclic amines) is 1. The summed E-state index contributed by atoms with van der Waals surface area (Å²) in [7, 11) is 1.06. The van der Waals surface area contributed by atoms with Crippen LogP contribution in [0.4, 0.5) is 11.4 Å². The molecule has 1 amide bonds. The number of aliphatic hydroxyl groups excluding tert-OH is 1. The van der Waals surface area contributed by atoms with E-state index in [2.05, 4.69) is 14.9 Å². The average Bonchev–Trinajstić information content (AvgIpc) is 3.31. The molecule has 0 aliphatic carbocycles. The number of anilines is 2. The first-order valence-corrected chi connectivity index (χ1v) is 14.0. The highest BCUT2D eigenvalue weighted by Gasteiger charge is 2.29. The predicted molar refractivity (Wildman–Crippen MR) is 144 cm³/mol. The zero-order valence-corrected chi connectivity index (χ0v) is 22.5. The van der Waals surface area contributed by atoms with E-state index in [4.69, 9.17) is 4.74 Å². The zero-order valence-electron chi connectivity index (χ0n) is 21.7. The van der Waals surface area contributed by atoms with Gasteiger partial charge in [0, 0.05) is 52.9 Å². The van der Waals surface area contributed by atoms with E-state index in [-0.39, 0.29) is 24.7 Å². The van der Waals surface area contributed by atoms with Gasteiger partial charge in [-0.2, -0.15) is 12.7 Å². The summed E-state index contributed by atoms with van der Waals surface area (Å²) in [5.41, 5.74) is 3.02. The molecule has 2 heterocycles. The van der Waals surface area contributed by atoms with E-state index in [1.54, 1.807) is 24.1 Å². The number of hydrogen-bond acceptors (Lipinski definition) is 7. The molecule has 2 atom stereocenters. The van der Waals surface area contributed by atoms with E-state index in [9.17, 15) is 18.3 Å². The van der Waals surface area contributed by atoms with Gasteiger partial charge in [0.25, 0.3) is 5.91 Å². The molecule has 1 saturated heterocycles. The summed E-state index contributed by atoms with van der Waals surface area (Å²) in [5, 5.41) is 13.2. The lowest BCUT2D eigenvalue weighted by atomic mass is 10.0. The topological polar surface area (TPSA) is 114 Å². The van der Waals surface area contributed by atoms with E-state index >= 15 is 0 Å². The molecule has 0 saturated carbocycles. The number of nitrogens with zero attached hydrogens (tertiary/aromatic N) is 3. The fraction of sp³-hybridized carbons (Fsp3) is 0.500. The molecule has 0 spiro atoms. The highest BCUT2D eigenvalue weighted by molar-refractivity contribution is 7.90. The number of aliphatic hydroxyl groups is 1. The Bertz CT molecular complexity index is 1190. The second kappa shape index (κ2) is 11.7. The van der Waals surface area contributed by atoms with Gasteiger partial charge in [-0.3, -0.25) is 14.4 Å². The van der Waals surface area contributed by atoms with Gasteiger partial charge in [-0.25, -0.2) is 0 Å². The Labute approximate surface area is 219 Å². The SMILES string of the molecule is CN(C(=O)COc1ccc(NS(=O)(=O)N(C)C)c2c1CCCN2)[C@H](CN1CC[C@H](O)C1)c1ccccc1. The molecule has 2 aliphatic heterocycles. The van der Waals surface area contributed by atoms with Crippen LogP contribution in [-0.2, 0) is 21.4 Å². The first-order valence-electron chi connectivity index (χ1n) is 12.6. The van der Waals surface area contributed by atoms with Crippen molar-refractivity contribution >= 4 is 27.5 Å². The van der Waals surface area contributed by atoms with Gasteiger partial charge in [0.2, 0.25) is 0 Å². The highest BCUT2D eigenvalue weighted by atomic mass is 32.2. The smallest absolute Gasteiger partial charge is 0.301 e. The minimum absolute atomic E-state index is 0.141. The molecule has 2 aromatic carbocycles. The van der Waals surface area contributed by atoms with Gasteiger partial charge in [-0.05, 0) is 37.0 Å². The molecule has 3 N–H and O–H groups in total. The summed E-state index contributed by atoms with van der Waals surface area (Å²) in [6, 6.07) is 13.1. The van der Waals surface area contributed by atoms with Gasteiger partial charge >= 0.3 is 10.2 Å². The van der Waals surface area contributed by atoms with E-state index in [1.165, 1.54) is 14.1 Å². The molecule has 10 nitrogen and oxygen atoms in total. The minimum atomic E-state index is -3.66. The molecule has 11 heteroatoms. The van der Waals surface area contributed by atoms with Crippen molar-refractivity contribution in [2.45, 2.75) is 31.4 Å². The van der Waals surface area contributed by atoms with Crippen LogP contribution in [0.5, 0.6) is 5.75 Å². The van der Waals surface area contributed by atoms with Crippen molar-refractivity contribution in [1.82, 2.24) is 14.1 Å². The third kappa shape index (κ3) is 6.53. The van der Waals surface area contributed by atoms with Gasteiger partial charge in [0.05, 0.1) is 23.5 Å². The Hall–Kier alpha value is -2.86. The monoisotopic (exact) mass is 531 g/mol. The van der Waals surface area contributed by atoms with Crippen molar-refractivity contribution in [1.29, 1.82) is 0 Å². The Kier molecular flexibility index (Phi) is 8.58. The van der Waals surface area contributed by atoms with Crippen LogP contribution in [0.1, 0.15) is 30.0 Å². The van der Waals surface area contributed by atoms with Gasteiger partial charge in [-0.1, -0.05) is 30.3 Å². The lowest BCUT2D eigenvalue weighted by Gasteiger charge is -2.32. The van der Waals surface area contributed by atoms with Crippen molar-refractivity contribution in [3.05, 3.63) is 53.6 Å². The Balaban J connectivity index is 1.49. The largest absolute Gasteiger partial charge is 0.483 e. The molecular weight excluding hydrogens is 494 g/mol. The molecule has 37 heavy (non-hydrogen) atoms. The first kappa shape index (κ1) is 27.2. The standard InChI is InChI=1S/C26H37N5O5S/c1-29(2)37(34,35)28-22-11-12-24(21-10-7-14-27-26(21)22)36-18-25(33)30(3)23(19-8-5-4-6-9-19)17-31-15-13-20(32)16-31/h4-6,8-9,11-12,20,23,27-28,32H,7,10,13-18H2,1-3H3/t20-,23+/m0/s1. The van der Waals surface area contributed by atoms with Crippen LogP contribution in [-0.4, -0.2) is 93.6 Å². The first-order chi connectivity index (χ1) is 17.7. The fourth-order valence-corrected chi connectivity index (χ4v) is 5.40. The van der Waals surface area contributed by atoms with Crippen molar-refractivity contribution in [3.63, 3.8) is 0 Å². The molecule has 0 radical (unpaired) electrons. The number of rotatable bonds is 10. The lowest BCUT2D eigenvalue weighted by Crippen LogP contribution is -2.41. The van der Waals surface area contributed by atoms with Crippen LogP contribution in [0.3, 0.4) is 0 Å². The maximum absolute atomic E-state index is 13.3. The third-order valence-corrected chi connectivity index (χ3v) is 8.41. The number of amides is 1. The molecule has 2 aliphatic rings. The van der Waals surface area contributed by atoms with Crippen molar-refractivity contribution in [2.75, 3.05) is 64.0 Å². The van der Waals surface area contributed by atoms with Gasteiger partial charge in [-0.15, -0.1) is 0 Å². The zero-order chi connectivity index (χ0) is 26.6. The van der Waals surface area contributed by atoms with E-state index in [0.717, 1.165) is 41.4 Å². The summed E-state index contributed by atoms with van der Waals surface area (Å²) in [6.45, 7) is 2.61. The summed E-state index contributed by atoms with van der Waals surface area (Å²) < 4.78 is 34.5. The molecule has 0 aromatic heterocycles. The molecule has 2 aromatic rings. The predicted octanol–water partition coefficient (Wildman–Crippen LogP) is 1.91. The molecular formula is C26H37N5O5S. The summed E-state index contributed by atoms with van der Waals surface area (Å²) >= 11 is 0. The van der Waals surface area contributed by atoms with Crippen LogP contribution in [0.25, 0.3) is 0 Å². The normalized spacial score (nSPS) is 18.7. The van der Waals surface area contributed by atoms with Gasteiger partial charge in [0.1, 0.15) is 5.75 Å². The molecule has 0 unspecified atom stereocenters. The van der Waals surface area contributed by atoms with E-state index < -0.39 is 10.2 Å². The number of ether oxygens (including phenoxy) is 1. The maximum atomic E-state index is 13.3. The number of likely N-dealkylation sites (N-methyl/N-ethyl adjacent to an activating group) is 1. The molecule has 4 rings (SSSR count). The van der Waals surface area contributed by atoms with Crippen molar-refractivity contribution < 1.29 is 23.1 Å². The lowest BCUT2D eigenvalue weighted by molar-refractivity contribution is -0.134. The number of benzene rings is 2. The summed E-state index contributed by atoms with van der Waals surface area (Å²) in [4.78, 5) is 17.2. The summed E-state index contributed by atoms with van der Waals surface area (Å²) in [6.07, 6.45) is 2.00. The fourth-order valence-electron chi connectivity index (χ4n) is 4.77. The maximum Gasteiger partial charge on any atom is 0.301 e. The Morgan fingerprint density at radius 3 is 2.65 bits per heavy atom. The molecule has 0 bridgehead atoms.